The van der Waals surface area contributed by atoms with E-state index in [4.69, 9.17) is 11.6 Å². The number of nitrogens with one attached hydrogen (secondary N) is 1. The molecule has 0 bridgehead atoms. The fourth-order valence-corrected chi connectivity index (χ4v) is 2.70. The molecule has 0 fully saturated rings. The molecule has 2 heterocycles. The lowest BCUT2D eigenvalue weighted by Gasteiger charge is -2.30. The first-order valence-electron chi connectivity index (χ1n) is 5.01. The van der Waals surface area contributed by atoms with Crippen molar-refractivity contribution in [2.24, 2.45) is 0 Å². The summed E-state index contributed by atoms with van der Waals surface area (Å²) in [5.74, 6) is -0.303. The Morgan fingerprint density at radius 1 is 1.75 bits per heavy atom. The highest BCUT2D eigenvalue weighted by atomic mass is 127. The lowest BCUT2D eigenvalue weighted by atomic mass is 10.0. The average molecular weight is 355 g/mol. The van der Waals surface area contributed by atoms with E-state index < -0.39 is 6.10 Å². The van der Waals surface area contributed by atoms with Crippen LogP contribution in [0.1, 0.15) is 18.2 Å². The largest absolute Gasteiger partial charge is 0.385 e. The van der Waals surface area contributed by atoms with Gasteiger partial charge in [0.25, 0.3) is 0 Å². The van der Waals surface area contributed by atoms with Crippen LogP contribution in [0, 0.1) is 3.57 Å². The van der Waals surface area contributed by atoms with Crippen LogP contribution in [0.4, 0.5) is 0 Å². The van der Waals surface area contributed by atoms with Gasteiger partial charge in [-0.25, -0.2) is 0 Å². The summed E-state index contributed by atoms with van der Waals surface area (Å²) in [5.41, 5.74) is 0.857. The summed E-state index contributed by atoms with van der Waals surface area (Å²) < 4.78 is 3.12. The maximum atomic E-state index is 11.2. The molecule has 0 saturated heterocycles. The molecule has 1 aliphatic heterocycles. The number of fused-ring (bicyclic) bond motifs is 1. The summed E-state index contributed by atoms with van der Waals surface area (Å²) in [6.45, 7) is 0.808. The van der Waals surface area contributed by atoms with E-state index in [-0.39, 0.29) is 17.8 Å². The van der Waals surface area contributed by atoms with Crippen LogP contribution in [0.25, 0.3) is 0 Å². The van der Waals surface area contributed by atoms with Crippen molar-refractivity contribution in [3.63, 3.8) is 0 Å². The minimum atomic E-state index is -0.649. The van der Waals surface area contributed by atoms with Gasteiger partial charge in [0, 0.05) is 22.0 Å². The van der Waals surface area contributed by atoms with Gasteiger partial charge in [-0.3, -0.25) is 4.79 Å². The number of hydrogen-bond acceptors (Lipinski definition) is 2. The fraction of sp³-hybridized carbons (Fsp3) is 0.500. The van der Waals surface area contributed by atoms with E-state index in [1.54, 1.807) is 0 Å². The van der Waals surface area contributed by atoms with Gasteiger partial charge >= 0.3 is 0 Å². The van der Waals surface area contributed by atoms with Crippen LogP contribution in [0.3, 0.4) is 0 Å². The molecule has 16 heavy (non-hydrogen) atoms. The Labute approximate surface area is 112 Å². The number of amides is 1. The molecule has 4 nitrogen and oxygen atoms in total. The maximum Gasteiger partial charge on any atom is 0.235 e. The van der Waals surface area contributed by atoms with Crippen molar-refractivity contribution in [2.45, 2.75) is 25.1 Å². The quantitative estimate of drug-likeness (QED) is 0.620. The first kappa shape index (κ1) is 12.2. The van der Waals surface area contributed by atoms with Crippen LogP contribution in [0.15, 0.2) is 12.3 Å². The highest BCUT2D eigenvalue weighted by Crippen LogP contribution is 2.27. The molecule has 0 saturated carbocycles. The van der Waals surface area contributed by atoms with Gasteiger partial charge in [-0.05, 0) is 35.1 Å². The van der Waals surface area contributed by atoms with E-state index in [0.717, 1.165) is 22.2 Å². The molecule has 0 aromatic carbocycles. The summed E-state index contributed by atoms with van der Waals surface area (Å²) >= 11 is 7.63. The molecule has 1 amide bonds. The number of carbonyl (C=O) groups excluding carboxylic acids is 1. The third kappa shape index (κ3) is 2.36. The predicted molar refractivity (Wildman–Crippen MR) is 69.4 cm³/mol. The van der Waals surface area contributed by atoms with E-state index in [9.17, 15) is 9.90 Å². The number of hydrogen-bond donors (Lipinski definition) is 2. The molecule has 1 aromatic rings. The molecule has 2 rings (SSSR count). The molecular formula is C10H12ClIN2O2. The van der Waals surface area contributed by atoms with Gasteiger partial charge in [-0.2, -0.15) is 0 Å². The van der Waals surface area contributed by atoms with Gasteiger partial charge in [0.05, 0.1) is 6.04 Å². The number of aliphatic hydroxyl groups excluding tert-OH is 1. The van der Waals surface area contributed by atoms with E-state index in [1.807, 2.05) is 16.8 Å². The molecule has 2 N–H and O–H groups in total. The first-order valence-corrected chi connectivity index (χ1v) is 6.62. The summed E-state index contributed by atoms with van der Waals surface area (Å²) in [6.07, 6.45) is 2.07. The Morgan fingerprint density at radius 3 is 3.19 bits per heavy atom. The van der Waals surface area contributed by atoms with Gasteiger partial charge in [-0.15, -0.1) is 11.6 Å². The smallest absolute Gasteiger partial charge is 0.235 e. The van der Waals surface area contributed by atoms with Crippen molar-refractivity contribution >= 4 is 40.1 Å². The Hall–Kier alpha value is -0.270. The molecule has 0 radical (unpaired) electrons. The highest BCUT2D eigenvalue weighted by molar-refractivity contribution is 14.1. The highest BCUT2D eigenvalue weighted by Gasteiger charge is 2.29. The molecule has 1 aliphatic rings. The van der Waals surface area contributed by atoms with Crippen molar-refractivity contribution in [1.82, 2.24) is 9.88 Å². The second kappa shape index (κ2) is 4.93. The molecule has 88 valence electrons. The molecule has 0 spiro atoms. The van der Waals surface area contributed by atoms with Crippen LogP contribution in [-0.4, -0.2) is 27.5 Å². The minimum Gasteiger partial charge on any atom is -0.385 e. The summed E-state index contributed by atoms with van der Waals surface area (Å²) in [7, 11) is 0. The summed E-state index contributed by atoms with van der Waals surface area (Å²) in [6, 6.07) is 1.70. The number of alkyl halides is 1. The monoisotopic (exact) mass is 354 g/mol. The lowest BCUT2D eigenvalue weighted by Crippen LogP contribution is -2.43. The van der Waals surface area contributed by atoms with Crippen molar-refractivity contribution in [3.8, 4) is 0 Å². The third-order valence-electron chi connectivity index (χ3n) is 2.73. The van der Waals surface area contributed by atoms with Crippen LogP contribution < -0.4 is 5.32 Å². The lowest BCUT2D eigenvalue weighted by molar-refractivity contribution is -0.120. The Bertz CT molecular complexity index is 408. The summed E-state index contributed by atoms with van der Waals surface area (Å²) in [5, 5.41) is 12.8. The number of aliphatic hydroxyl groups is 1. The van der Waals surface area contributed by atoms with E-state index in [2.05, 4.69) is 27.9 Å². The zero-order chi connectivity index (χ0) is 11.7. The Balaban J connectivity index is 2.14. The van der Waals surface area contributed by atoms with Gasteiger partial charge < -0.3 is 15.0 Å². The predicted octanol–water partition coefficient (Wildman–Crippen LogP) is 1.25. The topological polar surface area (TPSA) is 54.3 Å². The van der Waals surface area contributed by atoms with E-state index in [0.29, 0.717) is 0 Å². The van der Waals surface area contributed by atoms with Crippen molar-refractivity contribution in [2.75, 3.05) is 5.88 Å². The number of nitrogens with zero attached hydrogens (tertiary/aromatic N) is 1. The summed E-state index contributed by atoms with van der Waals surface area (Å²) in [4.78, 5) is 11.2. The molecule has 6 heteroatoms. The van der Waals surface area contributed by atoms with Crippen LogP contribution in [0.5, 0.6) is 0 Å². The van der Waals surface area contributed by atoms with Gasteiger partial charge in [-0.1, -0.05) is 0 Å². The van der Waals surface area contributed by atoms with Crippen LogP contribution in [-0.2, 0) is 11.3 Å². The second-order valence-corrected chi connectivity index (χ2v) is 5.33. The molecule has 1 aromatic heterocycles. The van der Waals surface area contributed by atoms with E-state index in [1.165, 1.54) is 0 Å². The van der Waals surface area contributed by atoms with Crippen molar-refractivity contribution in [1.29, 1.82) is 0 Å². The van der Waals surface area contributed by atoms with Crippen molar-refractivity contribution < 1.29 is 9.90 Å². The zero-order valence-corrected chi connectivity index (χ0v) is 11.4. The number of halogens is 2. The molecule has 2 atom stereocenters. The number of aryl methyl sites for hydroxylation is 1. The van der Waals surface area contributed by atoms with Crippen molar-refractivity contribution in [3.05, 3.63) is 21.5 Å². The maximum absolute atomic E-state index is 11.2. The number of aromatic nitrogens is 1. The van der Waals surface area contributed by atoms with Gasteiger partial charge in [0.1, 0.15) is 12.0 Å². The van der Waals surface area contributed by atoms with Crippen LogP contribution in [0.2, 0.25) is 0 Å². The third-order valence-corrected chi connectivity index (χ3v) is 3.56. The normalized spacial score (nSPS) is 23.9. The average Bonchev–Trinajstić information content (AvgIpc) is 2.64. The second-order valence-electron chi connectivity index (χ2n) is 3.82. The number of carbonyl (C=O) groups is 1. The number of rotatable bonds is 2. The molecule has 2 unspecified atom stereocenters. The fourth-order valence-electron chi connectivity index (χ4n) is 1.97. The Morgan fingerprint density at radius 2 is 2.50 bits per heavy atom. The Kier molecular flexibility index (Phi) is 3.76. The zero-order valence-electron chi connectivity index (χ0n) is 8.49. The SMILES string of the molecule is O=C(CCl)NC1CCn2cc(I)cc2C1O. The van der Waals surface area contributed by atoms with E-state index >= 15 is 0 Å². The minimum absolute atomic E-state index is 0.0677. The standard InChI is InChI=1S/C10H12ClIN2O2/c11-4-9(15)13-7-1-2-14-5-6(12)3-8(14)10(7)16/h3,5,7,10,16H,1-2,4H2,(H,13,15). The van der Waals surface area contributed by atoms with Gasteiger partial charge in [0.15, 0.2) is 0 Å². The molecule has 0 aliphatic carbocycles. The first-order chi connectivity index (χ1) is 7.61. The van der Waals surface area contributed by atoms with Gasteiger partial charge in [0.2, 0.25) is 5.91 Å². The van der Waals surface area contributed by atoms with Crippen LogP contribution >= 0.6 is 34.2 Å². The molecular weight excluding hydrogens is 342 g/mol.